The molecule has 1 aliphatic carbocycles. The highest BCUT2D eigenvalue weighted by Crippen LogP contribution is 2.57. The van der Waals surface area contributed by atoms with Gasteiger partial charge in [-0.05, 0) is 38.7 Å². The van der Waals surface area contributed by atoms with Crippen molar-refractivity contribution in [1.82, 2.24) is 15.3 Å². The molecule has 9 heteroatoms. The first kappa shape index (κ1) is 25.5. The number of fused-ring (bicyclic) bond motifs is 3. The summed E-state index contributed by atoms with van der Waals surface area (Å²) >= 11 is 0. The number of amides is 2. The molecule has 1 atom stereocenters. The molecule has 190 valence electrons. The Bertz CT molecular complexity index is 1280. The Kier molecular flexibility index (Phi) is 5.80. The number of nitrogens with two attached hydrogens (primary N) is 1. The first-order valence-corrected chi connectivity index (χ1v) is 12.0. The van der Waals surface area contributed by atoms with Gasteiger partial charge in [-0.2, -0.15) is 5.26 Å². The largest absolute Gasteiger partial charge is 0.383 e. The van der Waals surface area contributed by atoms with E-state index in [1.54, 1.807) is 48.4 Å². The number of hydrazine groups is 1. The zero-order valence-corrected chi connectivity index (χ0v) is 22.0. The number of benzene rings is 1. The summed E-state index contributed by atoms with van der Waals surface area (Å²) in [5.74, 6) is -0.936. The molecule has 2 aliphatic heterocycles. The molecule has 0 aromatic heterocycles. The van der Waals surface area contributed by atoms with Gasteiger partial charge < -0.3 is 16.0 Å². The summed E-state index contributed by atoms with van der Waals surface area (Å²) in [7, 11) is 3.56. The van der Waals surface area contributed by atoms with Crippen LogP contribution in [0.4, 0.5) is 5.69 Å². The lowest BCUT2D eigenvalue weighted by molar-refractivity contribution is -0.127. The van der Waals surface area contributed by atoms with E-state index < -0.39 is 16.9 Å². The van der Waals surface area contributed by atoms with Crippen molar-refractivity contribution in [3.8, 4) is 6.07 Å². The van der Waals surface area contributed by atoms with E-state index in [2.05, 4.69) is 11.4 Å². The molecule has 0 saturated carbocycles. The van der Waals surface area contributed by atoms with Crippen LogP contribution in [-0.2, 0) is 19.8 Å². The Morgan fingerprint density at radius 3 is 2.42 bits per heavy atom. The van der Waals surface area contributed by atoms with E-state index in [1.165, 1.54) is 4.90 Å². The molecule has 1 aromatic rings. The summed E-state index contributed by atoms with van der Waals surface area (Å²) in [6, 6.07) is 9.22. The minimum absolute atomic E-state index is 0.000754. The molecule has 1 spiro atoms. The number of ketones is 1. The highest BCUT2D eigenvalue weighted by molar-refractivity contribution is 6.21. The SMILES string of the molecule is CN(C)N1C(N)=C(C#N)[C@]2(C(=O)N(CC(=O)NC(C)(C)C)c3ccccc32)C2=C1CC(C)(C)CC2=O. The molecule has 2 heterocycles. The van der Waals surface area contributed by atoms with Crippen molar-refractivity contribution >= 4 is 23.3 Å². The van der Waals surface area contributed by atoms with Gasteiger partial charge in [0.05, 0.1) is 5.57 Å². The number of para-hydroxylation sites is 1. The summed E-state index contributed by atoms with van der Waals surface area (Å²) in [5, 5.41) is 16.7. The number of rotatable bonds is 3. The second-order valence-electron chi connectivity index (χ2n) is 11.8. The molecule has 3 aliphatic rings. The van der Waals surface area contributed by atoms with Crippen LogP contribution >= 0.6 is 0 Å². The quantitative estimate of drug-likeness (QED) is 0.667. The van der Waals surface area contributed by atoms with Crippen molar-refractivity contribution in [3.63, 3.8) is 0 Å². The molecule has 0 fully saturated rings. The zero-order chi connectivity index (χ0) is 26.8. The molecule has 0 bridgehead atoms. The van der Waals surface area contributed by atoms with Crippen molar-refractivity contribution in [1.29, 1.82) is 5.26 Å². The highest BCUT2D eigenvalue weighted by atomic mass is 16.2. The van der Waals surface area contributed by atoms with Gasteiger partial charge in [-0.25, -0.2) is 5.01 Å². The summed E-state index contributed by atoms with van der Waals surface area (Å²) in [5.41, 5.74) is 5.96. The fraction of sp³-hybridized carbons (Fsp3) is 0.481. The van der Waals surface area contributed by atoms with Crippen molar-refractivity contribution in [2.75, 3.05) is 25.5 Å². The van der Waals surface area contributed by atoms with E-state index in [-0.39, 0.29) is 47.0 Å². The third kappa shape index (κ3) is 3.68. The van der Waals surface area contributed by atoms with E-state index in [0.717, 1.165) is 0 Å². The number of carbonyl (C=O) groups excluding carboxylic acids is 3. The molecule has 3 N–H and O–H groups in total. The first-order chi connectivity index (χ1) is 16.7. The molecular weight excluding hydrogens is 456 g/mol. The van der Waals surface area contributed by atoms with E-state index >= 15 is 0 Å². The zero-order valence-electron chi connectivity index (χ0n) is 22.0. The Hall–Kier alpha value is -3.64. The van der Waals surface area contributed by atoms with Crippen LogP contribution in [-0.4, -0.2) is 53.8 Å². The maximum atomic E-state index is 14.5. The number of nitrogens with zero attached hydrogens (tertiary/aromatic N) is 4. The van der Waals surface area contributed by atoms with Crippen LogP contribution in [0.3, 0.4) is 0 Å². The Morgan fingerprint density at radius 2 is 1.83 bits per heavy atom. The van der Waals surface area contributed by atoms with Gasteiger partial charge in [0.2, 0.25) is 11.8 Å². The fourth-order valence-corrected chi connectivity index (χ4v) is 5.76. The topological polar surface area (TPSA) is 123 Å². The average molecular weight is 491 g/mol. The summed E-state index contributed by atoms with van der Waals surface area (Å²) in [6.45, 7) is 9.34. The maximum Gasteiger partial charge on any atom is 0.248 e. The smallest absolute Gasteiger partial charge is 0.248 e. The molecule has 36 heavy (non-hydrogen) atoms. The van der Waals surface area contributed by atoms with E-state index in [4.69, 9.17) is 5.73 Å². The van der Waals surface area contributed by atoms with Crippen molar-refractivity contribution in [2.24, 2.45) is 11.1 Å². The summed E-state index contributed by atoms with van der Waals surface area (Å²) in [4.78, 5) is 42.7. The average Bonchev–Trinajstić information content (AvgIpc) is 2.95. The third-order valence-corrected chi connectivity index (χ3v) is 6.84. The third-order valence-electron chi connectivity index (χ3n) is 6.84. The second kappa shape index (κ2) is 8.20. The standard InChI is InChI=1S/C27H34N6O3/c1-25(2,3)30-21(35)15-32-18-11-9-8-10-16(18)27(24(32)36)17(14-28)23(29)33(31(6)7)19-12-26(4,5)13-20(34)22(19)27/h8-11H,12-13,15,29H2,1-7H3,(H,30,35)/t27-/m0/s1. The Labute approximate surface area is 212 Å². The lowest BCUT2D eigenvalue weighted by atomic mass is 9.61. The number of nitriles is 1. The minimum atomic E-state index is -1.70. The van der Waals surface area contributed by atoms with Gasteiger partial charge in [-0.3, -0.25) is 19.4 Å². The van der Waals surface area contributed by atoms with E-state index in [0.29, 0.717) is 23.4 Å². The molecule has 4 rings (SSSR count). The van der Waals surface area contributed by atoms with Crippen LogP contribution in [0.2, 0.25) is 0 Å². The molecule has 9 nitrogen and oxygen atoms in total. The van der Waals surface area contributed by atoms with Gasteiger partial charge in [0.1, 0.15) is 23.8 Å². The van der Waals surface area contributed by atoms with Crippen LogP contribution in [0, 0.1) is 16.7 Å². The number of carbonyl (C=O) groups is 3. The fourth-order valence-electron chi connectivity index (χ4n) is 5.76. The van der Waals surface area contributed by atoms with Gasteiger partial charge in [-0.15, -0.1) is 0 Å². The monoisotopic (exact) mass is 490 g/mol. The lowest BCUT2D eigenvalue weighted by Crippen LogP contribution is -2.56. The maximum absolute atomic E-state index is 14.5. The van der Waals surface area contributed by atoms with Crippen LogP contribution in [0.5, 0.6) is 0 Å². The van der Waals surface area contributed by atoms with Gasteiger partial charge in [-0.1, -0.05) is 32.0 Å². The number of allylic oxidation sites excluding steroid dienone is 1. The van der Waals surface area contributed by atoms with Crippen LogP contribution in [0.25, 0.3) is 0 Å². The van der Waals surface area contributed by atoms with Crippen molar-refractivity contribution in [3.05, 3.63) is 52.5 Å². The van der Waals surface area contributed by atoms with Gasteiger partial charge >= 0.3 is 0 Å². The van der Waals surface area contributed by atoms with Crippen molar-refractivity contribution < 1.29 is 14.4 Å². The van der Waals surface area contributed by atoms with Gasteiger partial charge in [0.15, 0.2) is 5.78 Å². The number of hydrogen-bond donors (Lipinski definition) is 2. The molecule has 2 amide bonds. The summed E-state index contributed by atoms with van der Waals surface area (Å²) in [6.07, 6.45) is 0.723. The first-order valence-electron chi connectivity index (χ1n) is 12.0. The predicted molar refractivity (Wildman–Crippen MR) is 136 cm³/mol. The Morgan fingerprint density at radius 1 is 1.19 bits per heavy atom. The van der Waals surface area contributed by atoms with E-state index in [1.807, 2.05) is 34.6 Å². The second-order valence-corrected chi connectivity index (χ2v) is 11.8. The lowest BCUT2D eigenvalue weighted by Gasteiger charge is -2.48. The molecule has 0 unspecified atom stereocenters. The van der Waals surface area contributed by atoms with Crippen LogP contribution in [0.15, 0.2) is 46.9 Å². The van der Waals surface area contributed by atoms with E-state index in [9.17, 15) is 19.6 Å². The minimum Gasteiger partial charge on any atom is -0.383 e. The van der Waals surface area contributed by atoms with Crippen LogP contribution in [0.1, 0.15) is 53.0 Å². The highest BCUT2D eigenvalue weighted by Gasteiger charge is 2.63. The predicted octanol–water partition coefficient (Wildman–Crippen LogP) is 2.31. The normalized spacial score (nSPS) is 23.3. The Balaban J connectivity index is 2.01. The molecule has 0 radical (unpaired) electrons. The molecular formula is C27H34N6O3. The molecule has 1 aromatic carbocycles. The number of anilines is 1. The number of Topliss-reactive ketones (excluding diaryl/α,β-unsaturated/α-hetero) is 1. The van der Waals surface area contributed by atoms with Crippen LogP contribution < -0.4 is 16.0 Å². The number of hydrogen-bond acceptors (Lipinski definition) is 7. The number of nitrogens with one attached hydrogen (secondary N) is 1. The summed E-state index contributed by atoms with van der Waals surface area (Å²) < 4.78 is 0. The van der Waals surface area contributed by atoms with Gasteiger partial charge in [0.25, 0.3) is 0 Å². The molecule has 0 saturated heterocycles. The van der Waals surface area contributed by atoms with Crippen molar-refractivity contribution in [2.45, 2.75) is 58.4 Å². The van der Waals surface area contributed by atoms with Gasteiger partial charge in [0, 0.05) is 48.6 Å².